The van der Waals surface area contributed by atoms with Crippen molar-refractivity contribution in [3.63, 3.8) is 0 Å². The van der Waals surface area contributed by atoms with Crippen LogP contribution in [0.5, 0.6) is 0 Å². The zero-order valence-corrected chi connectivity index (χ0v) is 10.5. The fourth-order valence-corrected chi connectivity index (χ4v) is 1.86. The molecule has 0 saturated heterocycles. The van der Waals surface area contributed by atoms with Gasteiger partial charge in [0.05, 0.1) is 12.7 Å². The maximum atomic E-state index is 6.83. The highest BCUT2D eigenvalue weighted by Gasteiger charge is 2.21. The predicted molar refractivity (Wildman–Crippen MR) is 69.2 cm³/mol. The second-order valence-corrected chi connectivity index (χ2v) is 3.97. The molecule has 0 spiro atoms. The van der Waals surface area contributed by atoms with Crippen LogP contribution in [0.1, 0.15) is 13.8 Å². The Morgan fingerprint density at radius 2 is 2.33 bits per heavy atom. The second-order valence-electron chi connectivity index (χ2n) is 3.54. The molecule has 0 aromatic carbocycles. The SMILES string of the molecule is [3H][B]SOCC(C)C(OC)C(C)/C=C\C=C. The van der Waals surface area contributed by atoms with Gasteiger partial charge < -0.3 is 8.92 Å². The summed E-state index contributed by atoms with van der Waals surface area (Å²) >= 11 is 1.05. The van der Waals surface area contributed by atoms with Gasteiger partial charge in [-0.2, -0.15) is 0 Å². The van der Waals surface area contributed by atoms with E-state index < -0.39 is 0 Å². The lowest BCUT2D eigenvalue weighted by atomic mass is 9.93. The monoisotopic (exact) mass is 229 g/mol. The van der Waals surface area contributed by atoms with Crippen LogP contribution in [0.4, 0.5) is 0 Å². The van der Waals surface area contributed by atoms with E-state index in [0.29, 0.717) is 12.5 Å². The molecule has 0 rings (SSSR count). The van der Waals surface area contributed by atoms with Crippen LogP contribution in [0.15, 0.2) is 24.8 Å². The van der Waals surface area contributed by atoms with E-state index in [4.69, 9.17) is 10.3 Å². The van der Waals surface area contributed by atoms with Gasteiger partial charge in [-0.05, 0) is 1.34 Å². The number of ether oxygens (including phenoxy) is 1. The summed E-state index contributed by atoms with van der Waals surface area (Å²) in [6, 6.07) is 0. The Hall–Kier alpha value is -0.185. The summed E-state index contributed by atoms with van der Waals surface area (Å²) < 4.78 is 17.5. The van der Waals surface area contributed by atoms with E-state index in [1.807, 2.05) is 6.08 Å². The fraction of sp³-hybridized carbons (Fsp3) is 0.636. The molecule has 3 unspecified atom stereocenters. The Balaban J connectivity index is 4.13. The van der Waals surface area contributed by atoms with Gasteiger partial charge in [0.2, 0.25) is 7.09 Å². The maximum absolute atomic E-state index is 6.83. The Bertz CT molecular complexity index is 214. The summed E-state index contributed by atoms with van der Waals surface area (Å²) in [6.45, 7) is 8.40. The van der Waals surface area contributed by atoms with Crippen LogP contribution in [-0.4, -0.2) is 28.2 Å². The van der Waals surface area contributed by atoms with Gasteiger partial charge in [-0.15, -0.1) is 0 Å². The van der Waals surface area contributed by atoms with Gasteiger partial charge in [0.25, 0.3) is 0 Å². The van der Waals surface area contributed by atoms with Crippen LogP contribution >= 0.6 is 11.9 Å². The number of rotatable bonds is 9. The fourth-order valence-electron chi connectivity index (χ4n) is 1.57. The van der Waals surface area contributed by atoms with Gasteiger partial charge >= 0.3 is 0 Å². The van der Waals surface area contributed by atoms with Crippen LogP contribution in [0.2, 0.25) is 0 Å². The van der Waals surface area contributed by atoms with Crippen molar-refractivity contribution >= 4 is 19.0 Å². The van der Waals surface area contributed by atoms with E-state index in [1.54, 1.807) is 13.2 Å². The van der Waals surface area contributed by atoms with Crippen molar-refractivity contribution < 1.29 is 8.92 Å². The molecule has 0 aliphatic heterocycles. The Labute approximate surface area is 100.0 Å². The van der Waals surface area contributed by atoms with Crippen LogP contribution in [0.25, 0.3) is 0 Å². The third-order valence-corrected chi connectivity index (χ3v) is 2.57. The van der Waals surface area contributed by atoms with Crippen molar-refractivity contribution in [3.8, 4) is 0 Å². The zero-order chi connectivity index (χ0) is 12.4. The van der Waals surface area contributed by atoms with Gasteiger partial charge in [-0.25, -0.2) is 0 Å². The van der Waals surface area contributed by atoms with Crippen molar-refractivity contribution in [2.45, 2.75) is 20.0 Å². The van der Waals surface area contributed by atoms with Crippen molar-refractivity contribution in [2.75, 3.05) is 13.7 Å². The summed E-state index contributed by atoms with van der Waals surface area (Å²) in [4.78, 5) is 0. The molecule has 0 heterocycles. The molecule has 2 nitrogen and oxygen atoms in total. The summed E-state index contributed by atoms with van der Waals surface area (Å²) in [7, 11) is 2.89. The minimum absolute atomic E-state index is 0.113. The quantitative estimate of drug-likeness (QED) is 0.262. The first kappa shape index (κ1) is 12.9. The van der Waals surface area contributed by atoms with Crippen LogP contribution in [0.3, 0.4) is 0 Å². The largest absolute Gasteiger partial charge is 0.380 e. The van der Waals surface area contributed by atoms with Gasteiger partial charge in [0, 0.05) is 18.9 Å². The molecule has 1 radical (unpaired) electrons. The van der Waals surface area contributed by atoms with Crippen LogP contribution < -0.4 is 0 Å². The minimum atomic E-state index is 0.113. The summed E-state index contributed by atoms with van der Waals surface area (Å²) in [6.07, 6.45) is 5.87. The normalized spacial score (nSPS) is 18.2. The molecule has 0 aliphatic carbocycles. The minimum Gasteiger partial charge on any atom is -0.380 e. The Morgan fingerprint density at radius 1 is 1.60 bits per heavy atom. The molecule has 0 aromatic heterocycles. The van der Waals surface area contributed by atoms with Gasteiger partial charge in [-0.3, -0.25) is 0 Å². The first-order valence-electron chi connectivity index (χ1n) is 5.55. The molecule has 0 bridgehead atoms. The summed E-state index contributed by atoms with van der Waals surface area (Å²) in [5.74, 6) is 0.591. The third kappa shape index (κ3) is 6.08. The standard InChI is InChI=1S/C11H20BO2S/c1-5-6-7-9(2)11(13-4)10(3)8-14-15-12/h5-7,9-12H,1,8H2,2-4H3/b7-6-/i12T. The van der Waals surface area contributed by atoms with Gasteiger partial charge in [0.1, 0.15) is 0 Å². The molecule has 0 N–H and O–H groups in total. The lowest BCUT2D eigenvalue weighted by Crippen LogP contribution is -2.29. The van der Waals surface area contributed by atoms with E-state index >= 15 is 0 Å². The molecule has 4 heteroatoms. The molecule has 0 saturated carbocycles. The second kappa shape index (κ2) is 9.07. The van der Waals surface area contributed by atoms with Crippen LogP contribution in [-0.2, 0) is 8.92 Å². The first-order chi connectivity index (χ1) is 7.67. The third-order valence-electron chi connectivity index (χ3n) is 2.30. The highest BCUT2D eigenvalue weighted by molar-refractivity contribution is 8.15. The molecular formula is C11H20BO2S. The lowest BCUT2D eigenvalue weighted by Gasteiger charge is -2.26. The van der Waals surface area contributed by atoms with E-state index in [2.05, 4.69) is 26.5 Å². The number of methoxy groups -OCH3 is 1. The zero-order valence-electron chi connectivity index (χ0n) is 10.7. The molecule has 85 valence electrons. The average Bonchev–Trinajstić information content (AvgIpc) is 2.27. The van der Waals surface area contributed by atoms with Gasteiger partial charge in [-0.1, -0.05) is 50.5 Å². The average molecular weight is 229 g/mol. The molecule has 0 fully saturated rings. The summed E-state index contributed by atoms with van der Waals surface area (Å²) in [5.41, 5.74) is 0. The molecule has 0 aliphatic rings. The number of hydrogen-bond donors (Lipinski definition) is 0. The number of allylic oxidation sites excluding steroid dienone is 2. The predicted octanol–water partition coefficient (Wildman–Crippen LogP) is 2.50. The molecule has 15 heavy (non-hydrogen) atoms. The van der Waals surface area contributed by atoms with Gasteiger partial charge in [0.15, 0.2) is 0 Å². The van der Waals surface area contributed by atoms with E-state index in [1.165, 1.54) is 7.09 Å². The summed E-state index contributed by atoms with van der Waals surface area (Å²) in [5, 5.41) is 0. The van der Waals surface area contributed by atoms with Crippen LogP contribution in [0, 0.1) is 11.8 Å². The topological polar surface area (TPSA) is 18.5 Å². The van der Waals surface area contributed by atoms with Crippen molar-refractivity contribution in [3.05, 3.63) is 24.8 Å². The highest BCUT2D eigenvalue weighted by Crippen LogP contribution is 2.19. The Kier molecular flexibility index (Phi) is 7.79. The molecule has 0 amide bonds. The smallest absolute Gasteiger partial charge is 0.209 e. The highest BCUT2D eigenvalue weighted by atomic mass is 32.2. The first-order valence-corrected chi connectivity index (χ1v) is 5.78. The van der Waals surface area contributed by atoms with Crippen molar-refractivity contribution in [2.24, 2.45) is 11.8 Å². The molecule has 3 atom stereocenters. The Morgan fingerprint density at radius 3 is 2.87 bits per heavy atom. The van der Waals surface area contributed by atoms with E-state index in [-0.39, 0.29) is 12.0 Å². The van der Waals surface area contributed by atoms with E-state index in [0.717, 1.165) is 11.9 Å². The lowest BCUT2D eigenvalue weighted by molar-refractivity contribution is 0.0178. The maximum Gasteiger partial charge on any atom is 0.209 e. The molecule has 0 aromatic rings. The van der Waals surface area contributed by atoms with Crippen molar-refractivity contribution in [1.82, 2.24) is 0 Å². The van der Waals surface area contributed by atoms with E-state index in [9.17, 15) is 0 Å². The molecular weight excluding hydrogens is 207 g/mol. The van der Waals surface area contributed by atoms with Crippen molar-refractivity contribution in [1.29, 1.82) is 1.34 Å². The number of hydrogen-bond acceptors (Lipinski definition) is 3.